The molecule has 0 atom stereocenters. The highest BCUT2D eigenvalue weighted by Crippen LogP contribution is 2.36. The first-order valence-electron chi connectivity index (χ1n) is 9.60. The highest BCUT2D eigenvalue weighted by Gasteiger charge is 2.55. The molecule has 2 heterocycles. The van der Waals surface area contributed by atoms with Crippen LogP contribution in [0.15, 0.2) is 18.2 Å². The fourth-order valence-corrected chi connectivity index (χ4v) is 3.95. The number of likely N-dealkylation sites (tertiary alicyclic amines) is 1. The molecule has 0 radical (unpaired) electrons. The maximum absolute atomic E-state index is 13.0. The molecule has 2 aliphatic heterocycles. The Hall–Kier alpha value is -2.77. The standard InChI is InChI=1S/C20H27N3O5/c1-5-27-15-8-7-14(13-16(15)28-6-2)17(24)23-11-9-20(10-12-23)18(25)21(3)19(26)22(20)4/h7-8,13H,5-6,9-12H2,1-4H3. The van der Waals surface area contributed by atoms with E-state index in [4.69, 9.17) is 9.47 Å². The SMILES string of the molecule is CCOc1ccc(C(=O)N2CCC3(CC2)C(=O)N(C)C(=O)N3C)cc1OCC. The van der Waals surface area contributed by atoms with Gasteiger partial charge in [0.1, 0.15) is 5.54 Å². The van der Waals surface area contributed by atoms with Gasteiger partial charge in [0, 0.05) is 32.7 Å². The van der Waals surface area contributed by atoms with Gasteiger partial charge >= 0.3 is 6.03 Å². The number of carbonyl (C=O) groups is 3. The smallest absolute Gasteiger partial charge is 0.327 e. The number of piperidine rings is 1. The van der Waals surface area contributed by atoms with Crippen molar-refractivity contribution in [2.75, 3.05) is 40.4 Å². The van der Waals surface area contributed by atoms with Gasteiger partial charge in [-0.05, 0) is 44.9 Å². The van der Waals surface area contributed by atoms with Gasteiger partial charge in [-0.3, -0.25) is 14.5 Å². The Morgan fingerprint density at radius 3 is 2.18 bits per heavy atom. The third kappa shape index (κ3) is 3.16. The molecule has 8 nitrogen and oxygen atoms in total. The Morgan fingerprint density at radius 2 is 1.64 bits per heavy atom. The van der Waals surface area contributed by atoms with Crippen LogP contribution >= 0.6 is 0 Å². The minimum Gasteiger partial charge on any atom is -0.490 e. The molecule has 152 valence electrons. The minimum atomic E-state index is -0.835. The fraction of sp³-hybridized carbons (Fsp3) is 0.550. The van der Waals surface area contributed by atoms with E-state index in [2.05, 4.69) is 0 Å². The predicted molar refractivity (Wildman–Crippen MR) is 103 cm³/mol. The molecule has 1 aromatic rings. The zero-order valence-electron chi connectivity index (χ0n) is 16.9. The normalized spacial score (nSPS) is 18.8. The number of nitrogens with zero attached hydrogens (tertiary/aromatic N) is 3. The van der Waals surface area contributed by atoms with Crippen LogP contribution in [0.5, 0.6) is 11.5 Å². The van der Waals surface area contributed by atoms with Gasteiger partial charge in [-0.15, -0.1) is 0 Å². The fourth-order valence-electron chi connectivity index (χ4n) is 3.95. The topological polar surface area (TPSA) is 79.4 Å². The van der Waals surface area contributed by atoms with Gasteiger partial charge in [0.15, 0.2) is 11.5 Å². The highest BCUT2D eigenvalue weighted by molar-refractivity contribution is 6.07. The third-order valence-corrected chi connectivity index (χ3v) is 5.59. The molecule has 0 N–H and O–H groups in total. The van der Waals surface area contributed by atoms with Crippen molar-refractivity contribution in [3.05, 3.63) is 23.8 Å². The van der Waals surface area contributed by atoms with E-state index in [9.17, 15) is 14.4 Å². The lowest BCUT2D eigenvalue weighted by atomic mass is 9.86. The first-order valence-corrected chi connectivity index (χ1v) is 9.60. The monoisotopic (exact) mass is 389 g/mol. The molecule has 0 aromatic heterocycles. The van der Waals surface area contributed by atoms with Gasteiger partial charge in [-0.25, -0.2) is 4.79 Å². The van der Waals surface area contributed by atoms with E-state index in [-0.39, 0.29) is 17.8 Å². The number of hydrogen-bond donors (Lipinski definition) is 0. The summed E-state index contributed by atoms with van der Waals surface area (Å²) in [6.45, 7) is 5.57. The number of amides is 4. The molecule has 4 amide bonds. The van der Waals surface area contributed by atoms with E-state index in [0.29, 0.717) is 56.2 Å². The summed E-state index contributed by atoms with van der Waals surface area (Å²) in [5.74, 6) is 0.846. The second kappa shape index (κ2) is 7.69. The molecule has 0 bridgehead atoms. The number of urea groups is 1. The third-order valence-electron chi connectivity index (χ3n) is 5.59. The summed E-state index contributed by atoms with van der Waals surface area (Å²) in [5.41, 5.74) is -0.320. The van der Waals surface area contributed by atoms with Crippen molar-refractivity contribution in [1.29, 1.82) is 0 Å². The summed E-state index contributed by atoms with van der Waals surface area (Å²) in [7, 11) is 3.16. The van der Waals surface area contributed by atoms with E-state index in [1.54, 1.807) is 30.1 Å². The summed E-state index contributed by atoms with van der Waals surface area (Å²) in [6.07, 6.45) is 0.860. The first-order chi connectivity index (χ1) is 13.4. The molecule has 0 saturated carbocycles. The number of carbonyl (C=O) groups excluding carboxylic acids is 3. The molecule has 1 spiro atoms. The molecule has 3 rings (SSSR count). The van der Waals surface area contributed by atoms with Crippen LogP contribution in [-0.2, 0) is 4.79 Å². The Labute approximate surface area is 165 Å². The predicted octanol–water partition coefficient (Wildman–Crippen LogP) is 1.98. The maximum atomic E-state index is 13.0. The zero-order valence-corrected chi connectivity index (χ0v) is 16.9. The first kappa shape index (κ1) is 20.0. The van der Waals surface area contributed by atoms with Gasteiger partial charge < -0.3 is 19.3 Å². The van der Waals surface area contributed by atoms with Gasteiger partial charge in [0.05, 0.1) is 13.2 Å². The summed E-state index contributed by atoms with van der Waals surface area (Å²) in [6, 6.07) is 4.88. The Morgan fingerprint density at radius 1 is 1.04 bits per heavy atom. The average Bonchev–Trinajstić information content (AvgIpc) is 2.86. The van der Waals surface area contributed by atoms with E-state index >= 15 is 0 Å². The zero-order chi connectivity index (χ0) is 20.5. The molecular weight excluding hydrogens is 362 g/mol. The van der Waals surface area contributed by atoms with Crippen LogP contribution in [0.4, 0.5) is 4.79 Å². The molecule has 0 unspecified atom stereocenters. The molecular formula is C20H27N3O5. The minimum absolute atomic E-state index is 0.119. The number of hydrogen-bond acceptors (Lipinski definition) is 5. The van der Waals surface area contributed by atoms with Crippen LogP contribution in [0.1, 0.15) is 37.0 Å². The van der Waals surface area contributed by atoms with Gasteiger partial charge in [0.2, 0.25) is 0 Å². The number of likely N-dealkylation sites (N-methyl/N-ethyl adjacent to an activating group) is 2. The van der Waals surface area contributed by atoms with Crippen molar-refractivity contribution < 1.29 is 23.9 Å². The molecule has 2 saturated heterocycles. The molecule has 2 aliphatic rings. The largest absolute Gasteiger partial charge is 0.490 e. The lowest BCUT2D eigenvalue weighted by Crippen LogP contribution is -2.56. The number of benzene rings is 1. The summed E-state index contributed by atoms with van der Waals surface area (Å²) < 4.78 is 11.2. The van der Waals surface area contributed by atoms with Gasteiger partial charge in [-0.2, -0.15) is 0 Å². The summed E-state index contributed by atoms with van der Waals surface area (Å²) in [5, 5.41) is 0. The maximum Gasteiger partial charge on any atom is 0.327 e. The number of rotatable bonds is 5. The van der Waals surface area contributed by atoms with Crippen molar-refractivity contribution in [3.8, 4) is 11.5 Å². The average molecular weight is 389 g/mol. The van der Waals surface area contributed by atoms with Crippen LogP contribution in [0.25, 0.3) is 0 Å². The van der Waals surface area contributed by atoms with E-state index < -0.39 is 5.54 Å². The van der Waals surface area contributed by atoms with Crippen LogP contribution in [0, 0.1) is 0 Å². The van der Waals surface area contributed by atoms with Crippen LogP contribution in [0.2, 0.25) is 0 Å². The summed E-state index contributed by atoms with van der Waals surface area (Å²) >= 11 is 0. The molecule has 28 heavy (non-hydrogen) atoms. The lowest BCUT2D eigenvalue weighted by Gasteiger charge is -2.40. The van der Waals surface area contributed by atoms with Gasteiger partial charge in [-0.1, -0.05) is 0 Å². The second-order valence-electron chi connectivity index (χ2n) is 7.06. The molecule has 8 heteroatoms. The van der Waals surface area contributed by atoms with Crippen molar-refractivity contribution in [1.82, 2.24) is 14.7 Å². The van der Waals surface area contributed by atoms with Crippen molar-refractivity contribution >= 4 is 17.8 Å². The van der Waals surface area contributed by atoms with Gasteiger partial charge in [0.25, 0.3) is 11.8 Å². The highest BCUT2D eigenvalue weighted by atomic mass is 16.5. The van der Waals surface area contributed by atoms with Crippen molar-refractivity contribution in [2.45, 2.75) is 32.2 Å². The van der Waals surface area contributed by atoms with Crippen LogP contribution < -0.4 is 9.47 Å². The Kier molecular flexibility index (Phi) is 5.49. The van der Waals surface area contributed by atoms with E-state index in [0.717, 1.165) is 4.90 Å². The van der Waals surface area contributed by atoms with Crippen LogP contribution in [0.3, 0.4) is 0 Å². The summed E-state index contributed by atoms with van der Waals surface area (Å²) in [4.78, 5) is 42.1. The van der Waals surface area contributed by atoms with Crippen molar-refractivity contribution in [3.63, 3.8) is 0 Å². The number of imide groups is 1. The number of ether oxygens (including phenoxy) is 2. The van der Waals surface area contributed by atoms with E-state index in [1.165, 1.54) is 11.9 Å². The van der Waals surface area contributed by atoms with Crippen LogP contribution in [-0.4, -0.2) is 78.5 Å². The Bertz CT molecular complexity index is 786. The van der Waals surface area contributed by atoms with Crippen molar-refractivity contribution in [2.24, 2.45) is 0 Å². The second-order valence-corrected chi connectivity index (χ2v) is 7.06. The quantitative estimate of drug-likeness (QED) is 0.720. The molecule has 0 aliphatic carbocycles. The lowest BCUT2D eigenvalue weighted by molar-refractivity contribution is -0.134. The Balaban J connectivity index is 1.74. The molecule has 1 aromatic carbocycles. The van der Waals surface area contributed by atoms with E-state index in [1.807, 2.05) is 13.8 Å². The molecule has 2 fully saturated rings.